The van der Waals surface area contributed by atoms with Crippen LogP contribution in [0, 0.1) is 0 Å². The van der Waals surface area contributed by atoms with E-state index in [1.54, 1.807) is 6.07 Å². The first-order chi connectivity index (χ1) is 6.70. The second kappa shape index (κ2) is 3.42. The van der Waals surface area contributed by atoms with Crippen LogP contribution in [0.4, 0.5) is 0 Å². The molecule has 0 bridgehead atoms. The van der Waals surface area contributed by atoms with Crippen LogP contribution in [0.1, 0.15) is 19.5 Å². The van der Waals surface area contributed by atoms with Crippen LogP contribution >= 0.6 is 11.3 Å². The van der Waals surface area contributed by atoms with Gasteiger partial charge in [0.2, 0.25) is 0 Å². The summed E-state index contributed by atoms with van der Waals surface area (Å²) in [5, 5.41) is 7.67. The molecule has 74 valence electrons. The number of hydrogen-bond acceptors (Lipinski definition) is 4. The molecule has 5 heteroatoms. The highest BCUT2D eigenvalue weighted by Crippen LogP contribution is 2.32. The molecule has 0 radical (unpaired) electrons. The molecule has 0 unspecified atom stereocenters. The summed E-state index contributed by atoms with van der Waals surface area (Å²) < 4.78 is 6.06. The Morgan fingerprint density at radius 1 is 1.71 bits per heavy atom. The van der Waals surface area contributed by atoms with Crippen molar-refractivity contribution in [1.82, 2.24) is 10.2 Å². The number of rotatable bonds is 2. The molecule has 0 aromatic carbocycles. The van der Waals surface area contributed by atoms with Crippen molar-refractivity contribution in [1.29, 1.82) is 0 Å². The number of nitrogens with one attached hydrogen (secondary N) is 1. The van der Waals surface area contributed by atoms with E-state index in [9.17, 15) is 4.79 Å². The molecule has 4 nitrogen and oxygen atoms in total. The fraction of sp³-hybridized carbons (Fsp3) is 0.333. The summed E-state index contributed by atoms with van der Waals surface area (Å²) in [6, 6.07) is 1.77. The van der Waals surface area contributed by atoms with Crippen molar-refractivity contribution in [2.24, 2.45) is 0 Å². The van der Waals surface area contributed by atoms with Gasteiger partial charge in [0.05, 0.1) is 10.4 Å². The minimum absolute atomic E-state index is 0.295. The highest BCUT2D eigenvalue weighted by atomic mass is 32.1. The summed E-state index contributed by atoms with van der Waals surface area (Å²) in [7, 11) is 0. The Balaban J connectivity index is 2.41. The van der Waals surface area contributed by atoms with Gasteiger partial charge in [0, 0.05) is 13.0 Å². The quantitative estimate of drug-likeness (QED) is 0.772. The molecule has 0 aliphatic heterocycles. The number of aryl methyl sites for hydroxylation is 1. The standard InChI is InChI=1S/C9H10N2O2S/c1-3-6-9-7(11-10-6)4-8(14-9)13-5(2)12/h4H,3H2,1-2H3,(H,10,11). The fourth-order valence-corrected chi connectivity index (χ4v) is 2.32. The van der Waals surface area contributed by atoms with Gasteiger partial charge in [-0.2, -0.15) is 5.10 Å². The van der Waals surface area contributed by atoms with Crippen molar-refractivity contribution in [2.75, 3.05) is 0 Å². The van der Waals surface area contributed by atoms with E-state index >= 15 is 0 Å². The van der Waals surface area contributed by atoms with Gasteiger partial charge in [-0.15, -0.1) is 0 Å². The van der Waals surface area contributed by atoms with Gasteiger partial charge in [-0.05, 0) is 6.42 Å². The molecule has 0 spiro atoms. The average Bonchev–Trinajstić information content (AvgIpc) is 2.61. The molecule has 2 heterocycles. The van der Waals surface area contributed by atoms with E-state index in [4.69, 9.17) is 4.74 Å². The van der Waals surface area contributed by atoms with Crippen LogP contribution in [0.5, 0.6) is 5.06 Å². The second-order valence-electron chi connectivity index (χ2n) is 2.93. The number of nitrogens with zero attached hydrogens (tertiary/aromatic N) is 1. The normalized spacial score (nSPS) is 10.7. The van der Waals surface area contributed by atoms with Gasteiger partial charge in [-0.3, -0.25) is 9.89 Å². The first-order valence-corrected chi connectivity index (χ1v) is 5.17. The lowest BCUT2D eigenvalue weighted by atomic mass is 10.3. The van der Waals surface area contributed by atoms with Crippen LogP contribution < -0.4 is 4.74 Å². The minimum Gasteiger partial charge on any atom is -0.415 e. The van der Waals surface area contributed by atoms with E-state index in [0.29, 0.717) is 5.06 Å². The maximum atomic E-state index is 10.7. The maximum absolute atomic E-state index is 10.7. The van der Waals surface area contributed by atoms with Crippen molar-refractivity contribution >= 4 is 27.5 Å². The SMILES string of the molecule is CCc1[nH]nc2cc(OC(C)=O)sc12. The molecule has 0 atom stereocenters. The van der Waals surface area contributed by atoms with Crippen molar-refractivity contribution < 1.29 is 9.53 Å². The second-order valence-corrected chi connectivity index (χ2v) is 3.94. The third kappa shape index (κ3) is 1.50. The number of carbonyl (C=O) groups excluding carboxylic acids is 1. The largest absolute Gasteiger partial charge is 0.415 e. The summed E-state index contributed by atoms with van der Waals surface area (Å²) in [5.74, 6) is -0.295. The predicted molar refractivity (Wildman–Crippen MR) is 54.7 cm³/mol. The van der Waals surface area contributed by atoms with Gasteiger partial charge in [0.15, 0.2) is 5.06 Å². The zero-order valence-corrected chi connectivity index (χ0v) is 8.77. The maximum Gasteiger partial charge on any atom is 0.308 e. The molecular formula is C9H10N2O2S. The summed E-state index contributed by atoms with van der Waals surface area (Å²) in [5.41, 5.74) is 1.95. The number of ether oxygens (including phenoxy) is 1. The van der Waals surface area contributed by atoms with Gasteiger partial charge >= 0.3 is 5.97 Å². The number of fused-ring (bicyclic) bond motifs is 1. The van der Waals surface area contributed by atoms with Crippen LogP contribution in [0.2, 0.25) is 0 Å². The monoisotopic (exact) mass is 210 g/mol. The topological polar surface area (TPSA) is 55.0 Å². The third-order valence-corrected chi connectivity index (χ3v) is 2.94. The Hall–Kier alpha value is -1.36. The molecule has 0 fully saturated rings. The van der Waals surface area contributed by atoms with E-state index in [0.717, 1.165) is 22.3 Å². The Morgan fingerprint density at radius 2 is 2.50 bits per heavy atom. The number of carbonyl (C=O) groups is 1. The molecule has 0 saturated carbocycles. The molecular weight excluding hydrogens is 200 g/mol. The lowest BCUT2D eigenvalue weighted by Crippen LogP contribution is -1.99. The summed E-state index contributed by atoms with van der Waals surface area (Å²) in [6.45, 7) is 3.45. The van der Waals surface area contributed by atoms with Crippen molar-refractivity contribution in [3.05, 3.63) is 11.8 Å². The number of thiophene rings is 1. The number of esters is 1. The molecule has 2 aromatic heterocycles. The van der Waals surface area contributed by atoms with Crippen LogP contribution in [0.3, 0.4) is 0 Å². The van der Waals surface area contributed by atoms with Gasteiger partial charge in [0.25, 0.3) is 0 Å². The van der Waals surface area contributed by atoms with Crippen LogP contribution in [-0.2, 0) is 11.2 Å². The Morgan fingerprint density at radius 3 is 3.14 bits per heavy atom. The van der Waals surface area contributed by atoms with Crippen LogP contribution in [-0.4, -0.2) is 16.2 Å². The highest BCUT2D eigenvalue weighted by molar-refractivity contribution is 7.20. The molecule has 0 aliphatic rings. The average molecular weight is 210 g/mol. The first kappa shape index (κ1) is 9.21. The molecule has 0 amide bonds. The highest BCUT2D eigenvalue weighted by Gasteiger charge is 2.10. The lowest BCUT2D eigenvalue weighted by molar-refractivity contribution is -0.131. The number of aromatic nitrogens is 2. The number of aromatic amines is 1. The van der Waals surface area contributed by atoms with Crippen LogP contribution in [0.25, 0.3) is 10.2 Å². The smallest absolute Gasteiger partial charge is 0.308 e. The fourth-order valence-electron chi connectivity index (χ4n) is 1.27. The Bertz CT molecular complexity index is 472. The number of hydrogen-bond donors (Lipinski definition) is 1. The molecule has 2 rings (SSSR count). The zero-order valence-electron chi connectivity index (χ0n) is 7.96. The Kier molecular flexibility index (Phi) is 2.25. The van der Waals surface area contributed by atoms with E-state index in [1.807, 2.05) is 0 Å². The molecule has 14 heavy (non-hydrogen) atoms. The first-order valence-electron chi connectivity index (χ1n) is 4.36. The van der Waals surface area contributed by atoms with Crippen molar-refractivity contribution in [3.8, 4) is 5.06 Å². The van der Waals surface area contributed by atoms with Gasteiger partial charge in [-0.25, -0.2) is 0 Å². The van der Waals surface area contributed by atoms with Gasteiger partial charge in [0.1, 0.15) is 5.52 Å². The Labute approximate surface area is 84.9 Å². The van der Waals surface area contributed by atoms with Crippen molar-refractivity contribution in [2.45, 2.75) is 20.3 Å². The van der Waals surface area contributed by atoms with E-state index < -0.39 is 0 Å². The molecule has 2 aromatic rings. The minimum atomic E-state index is -0.295. The van der Waals surface area contributed by atoms with Gasteiger partial charge < -0.3 is 4.74 Å². The predicted octanol–water partition coefficient (Wildman–Crippen LogP) is 2.11. The lowest BCUT2D eigenvalue weighted by Gasteiger charge is -1.93. The van der Waals surface area contributed by atoms with Crippen LogP contribution in [0.15, 0.2) is 6.07 Å². The van der Waals surface area contributed by atoms with Gasteiger partial charge in [-0.1, -0.05) is 18.3 Å². The summed E-state index contributed by atoms with van der Waals surface area (Å²) in [6.07, 6.45) is 0.899. The third-order valence-electron chi connectivity index (χ3n) is 1.87. The molecule has 1 N–H and O–H groups in total. The van der Waals surface area contributed by atoms with E-state index in [2.05, 4.69) is 17.1 Å². The summed E-state index contributed by atoms with van der Waals surface area (Å²) in [4.78, 5) is 10.7. The number of H-pyrrole nitrogens is 1. The summed E-state index contributed by atoms with van der Waals surface area (Å²) >= 11 is 1.45. The van der Waals surface area contributed by atoms with E-state index in [-0.39, 0.29) is 5.97 Å². The molecule has 0 aliphatic carbocycles. The van der Waals surface area contributed by atoms with E-state index in [1.165, 1.54) is 18.3 Å². The van der Waals surface area contributed by atoms with Crippen molar-refractivity contribution in [3.63, 3.8) is 0 Å². The zero-order chi connectivity index (χ0) is 10.1. The molecule has 0 saturated heterocycles.